The summed E-state index contributed by atoms with van der Waals surface area (Å²) in [6, 6.07) is 8.72. The molecule has 1 saturated heterocycles. The minimum Gasteiger partial charge on any atom is -0.455 e. The van der Waals surface area contributed by atoms with Crippen molar-refractivity contribution in [2.75, 3.05) is 5.33 Å². The normalized spacial score (nSPS) is 29.8. The second-order valence-corrected chi connectivity index (χ2v) is 7.56. The SMILES string of the molecule is CC(=O)O[C@@]12C[C@H](CCCBr)[C@@H](OC(=O)c3ccccc3)[C@@H](C1)OC2=O. The van der Waals surface area contributed by atoms with E-state index in [4.69, 9.17) is 14.2 Å². The molecule has 3 rings (SSSR count). The molecule has 26 heavy (non-hydrogen) atoms. The Morgan fingerprint density at radius 3 is 2.65 bits per heavy atom. The third-order valence-electron chi connectivity index (χ3n) is 4.88. The van der Waals surface area contributed by atoms with E-state index in [1.807, 2.05) is 6.07 Å². The molecule has 0 spiro atoms. The molecule has 4 atom stereocenters. The van der Waals surface area contributed by atoms with Gasteiger partial charge in [0.15, 0.2) is 0 Å². The number of esters is 3. The van der Waals surface area contributed by atoms with Gasteiger partial charge in [-0.25, -0.2) is 9.59 Å². The van der Waals surface area contributed by atoms with Gasteiger partial charge in [-0.05, 0) is 25.0 Å². The number of halogens is 1. The van der Waals surface area contributed by atoms with Gasteiger partial charge in [-0.1, -0.05) is 34.1 Å². The van der Waals surface area contributed by atoms with Crippen LogP contribution in [-0.4, -0.2) is 41.0 Å². The fourth-order valence-corrected chi connectivity index (χ4v) is 4.16. The lowest BCUT2D eigenvalue weighted by Crippen LogP contribution is -2.49. The topological polar surface area (TPSA) is 78.9 Å². The van der Waals surface area contributed by atoms with Crippen LogP contribution in [0.25, 0.3) is 0 Å². The molecule has 0 N–H and O–H groups in total. The summed E-state index contributed by atoms with van der Waals surface area (Å²) < 4.78 is 16.6. The van der Waals surface area contributed by atoms with Crippen molar-refractivity contribution in [2.45, 2.75) is 50.4 Å². The molecule has 140 valence electrons. The van der Waals surface area contributed by atoms with Crippen molar-refractivity contribution in [1.29, 1.82) is 0 Å². The van der Waals surface area contributed by atoms with Crippen molar-refractivity contribution in [1.82, 2.24) is 0 Å². The van der Waals surface area contributed by atoms with Crippen molar-refractivity contribution in [2.24, 2.45) is 5.92 Å². The van der Waals surface area contributed by atoms with Gasteiger partial charge in [0.1, 0.15) is 12.2 Å². The summed E-state index contributed by atoms with van der Waals surface area (Å²) in [6.07, 6.45) is 0.973. The maximum atomic E-state index is 12.5. The summed E-state index contributed by atoms with van der Waals surface area (Å²) in [4.78, 5) is 36.4. The summed E-state index contributed by atoms with van der Waals surface area (Å²) in [5.41, 5.74) is -0.795. The molecule has 0 amide bonds. The zero-order chi connectivity index (χ0) is 18.7. The van der Waals surface area contributed by atoms with E-state index in [-0.39, 0.29) is 12.3 Å². The van der Waals surface area contributed by atoms with Crippen LogP contribution >= 0.6 is 15.9 Å². The third-order valence-corrected chi connectivity index (χ3v) is 5.45. The molecule has 2 bridgehead atoms. The van der Waals surface area contributed by atoms with Crippen LogP contribution in [0.2, 0.25) is 0 Å². The number of hydrogen-bond acceptors (Lipinski definition) is 6. The Kier molecular flexibility index (Phi) is 5.65. The lowest BCUT2D eigenvalue weighted by molar-refractivity contribution is -0.172. The van der Waals surface area contributed by atoms with Gasteiger partial charge in [0.05, 0.1) is 5.56 Å². The molecule has 1 aliphatic carbocycles. The summed E-state index contributed by atoms with van der Waals surface area (Å²) in [6.45, 7) is 1.28. The van der Waals surface area contributed by atoms with E-state index in [1.165, 1.54) is 6.92 Å². The molecule has 1 aromatic carbocycles. The molecule has 1 heterocycles. The highest BCUT2D eigenvalue weighted by Gasteiger charge is 2.61. The molecule has 1 aromatic rings. The van der Waals surface area contributed by atoms with Crippen LogP contribution in [0.4, 0.5) is 0 Å². The second-order valence-electron chi connectivity index (χ2n) is 6.77. The molecule has 6 nitrogen and oxygen atoms in total. The Morgan fingerprint density at radius 2 is 2.00 bits per heavy atom. The second kappa shape index (κ2) is 7.78. The van der Waals surface area contributed by atoms with Crippen molar-refractivity contribution in [3.8, 4) is 0 Å². The number of hydrogen-bond donors (Lipinski definition) is 0. The highest BCUT2D eigenvalue weighted by Crippen LogP contribution is 2.46. The molecule has 0 unspecified atom stereocenters. The molecule has 0 radical (unpaired) electrons. The number of alkyl halides is 1. The van der Waals surface area contributed by atoms with Gasteiger partial charge in [-0.15, -0.1) is 0 Å². The summed E-state index contributed by atoms with van der Waals surface area (Å²) >= 11 is 3.40. The Morgan fingerprint density at radius 1 is 1.27 bits per heavy atom. The molecule has 1 aliphatic heterocycles. The zero-order valence-electron chi connectivity index (χ0n) is 14.5. The van der Waals surface area contributed by atoms with Gasteiger partial charge in [0.25, 0.3) is 0 Å². The molecule has 7 heteroatoms. The Balaban J connectivity index is 1.81. The first-order valence-corrected chi connectivity index (χ1v) is 9.80. The molecule has 1 saturated carbocycles. The molecular formula is C19H21BrO6. The zero-order valence-corrected chi connectivity index (χ0v) is 16.1. The van der Waals surface area contributed by atoms with Gasteiger partial charge in [0, 0.05) is 31.0 Å². The average Bonchev–Trinajstić information content (AvgIpc) is 2.87. The first-order chi connectivity index (χ1) is 12.4. The number of carbonyl (C=O) groups excluding carboxylic acids is 3. The van der Waals surface area contributed by atoms with Gasteiger partial charge in [0.2, 0.25) is 5.60 Å². The van der Waals surface area contributed by atoms with Crippen molar-refractivity contribution >= 4 is 33.8 Å². The first-order valence-electron chi connectivity index (χ1n) is 8.68. The highest BCUT2D eigenvalue weighted by atomic mass is 79.9. The molecule has 2 aliphatic rings. The maximum Gasteiger partial charge on any atom is 0.351 e. The van der Waals surface area contributed by atoms with Crippen LogP contribution < -0.4 is 0 Å². The van der Waals surface area contributed by atoms with Gasteiger partial charge >= 0.3 is 17.9 Å². The minimum absolute atomic E-state index is 0.121. The number of rotatable bonds is 6. The molecular weight excluding hydrogens is 404 g/mol. The Labute approximate surface area is 160 Å². The average molecular weight is 425 g/mol. The quantitative estimate of drug-likeness (QED) is 0.396. The van der Waals surface area contributed by atoms with E-state index in [9.17, 15) is 14.4 Å². The summed E-state index contributed by atoms with van der Waals surface area (Å²) in [5, 5.41) is 0.795. The molecule has 0 aromatic heterocycles. The number of ether oxygens (including phenoxy) is 3. The summed E-state index contributed by atoms with van der Waals surface area (Å²) in [7, 11) is 0. The van der Waals surface area contributed by atoms with E-state index in [0.717, 1.165) is 18.2 Å². The number of fused-ring (bicyclic) bond motifs is 2. The smallest absolute Gasteiger partial charge is 0.351 e. The van der Waals surface area contributed by atoms with Crippen LogP contribution in [0.3, 0.4) is 0 Å². The van der Waals surface area contributed by atoms with Crippen molar-refractivity contribution in [3.05, 3.63) is 35.9 Å². The molecule has 2 fully saturated rings. The summed E-state index contributed by atoms with van der Waals surface area (Å²) in [5.74, 6) is -1.62. The monoisotopic (exact) mass is 424 g/mol. The van der Waals surface area contributed by atoms with Crippen LogP contribution in [0.15, 0.2) is 30.3 Å². The number of benzene rings is 1. The van der Waals surface area contributed by atoms with E-state index < -0.39 is 35.7 Å². The predicted octanol–water partition coefficient (Wildman–Crippen LogP) is 3.02. The van der Waals surface area contributed by atoms with E-state index in [2.05, 4.69) is 15.9 Å². The van der Waals surface area contributed by atoms with E-state index in [0.29, 0.717) is 12.0 Å². The lowest BCUT2D eigenvalue weighted by atomic mass is 9.74. The minimum atomic E-state index is -1.25. The van der Waals surface area contributed by atoms with E-state index >= 15 is 0 Å². The third kappa shape index (κ3) is 3.77. The van der Waals surface area contributed by atoms with E-state index in [1.54, 1.807) is 24.3 Å². The first kappa shape index (κ1) is 18.9. The fourth-order valence-electron chi connectivity index (χ4n) is 3.83. The van der Waals surface area contributed by atoms with Crippen LogP contribution in [0.5, 0.6) is 0 Å². The standard InChI is InChI=1S/C19H21BrO6/c1-12(21)26-19-10-14(8-5-9-20)16(15(11-19)24-18(19)23)25-17(22)13-6-3-2-4-7-13/h2-4,6-7,14-16H,5,8-11H2,1H3/t14-,15+,16+,19-/m0/s1. The van der Waals surface area contributed by atoms with Crippen molar-refractivity contribution < 1.29 is 28.6 Å². The highest BCUT2D eigenvalue weighted by molar-refractivity contribution is 9.09. The van der Waals surface area contributed by atoms with Crippen LogP contribution in [0, 0.1) is 5.92 Å². The lowest BCUT2D eigenvalue weighted by Gasteiger charge is -2.37. The largest absolute Gasteiger partial charge is 0.455 e. The fraction of sp³-hybridized carbons (Fsp3) is 0.526. The van der Waals surface area contributed by atoms with Crippen LogP contribution in [-0.2, 0) is 23.8 Å². The van der Waals surface area contributed by atoms with Gasteiger partial charge in [-0.2, -0.15) is 0 Å². The Bertz CT molecular complexity index is 691. The van der Waals surface area contributed by atoms with Crippen LogP contribution in [0.1, 0.15) is 43.0 Å². The van der Waals surface area contributed by atoms with Crippen molar-refractivity contribution in [3.63, 3.8) is 0 Å². The predicted molar refractivity (Wildman–Crippen MR) is 95.8 cm³/mol. The maximum absolute atomic E-state index is 12.5. The Hall–Kier alpha value is -1.89. The van der Waals surface area contributed by atoms with Gasteiger partial charge in [-0.3, -0.25) is 4.79 Å². The number of carbonyl (C=O) groups is 3. The van der Waals surface area contributed by atoms with Gasteiger partial charge < -0.3 is 14.2 Å².